The van der Waals surface area contributed by atoms with Gasteiger partial charge in [-0.15, -0.1) is 5.10 Å². The number of benzene rings is 2. The number of ether oxygens (including phenoxy) is 2. The lowest BCUT2D eigenvalue weighted by Crippen LogP contribution is -2.02. The number of rotatable bonds is 8. The number of halogens is 1. The van der Waals surface area contributed by atoms with Crippen LogP contribution in [0.5, 0.6) is 11.5 Å². The van der Waals surface area contributed by atoms with Gasteiger partial charge in [0.1, 0.15) is 5.75 Å². The van der Waals surface area contributed by atoms with E-state index in [4.69, 9.17) is 21.1 Å². The van der Waals surface area contributed by atoms with Crippen molar-refractivity contribution in [3.63, 3.8) is 0 Å². The molecular weight excluding hydrogens is 392 g/mol. The van der Waals surface area contributed by atoms with Crippen molar-refractivity contribution in [2.75, 3.05) is 19.5 Å². The van der Waals surface area contributed by atoms with Crippen LogP contribution in [0.1, 0.15) is 0 Å². The number of aromatic amines is 1. The van der Waals surface area contributed by atoms with Crippen LogP contribution in [0.2, 0.25) is 5.02 Å². The Balaban J connectivity index is 1.60. The predicted molar refractivity (Wildman–Crippen MR) is 103 cm³/mol. The lowest BCUT2D eigenvalue weighted by atomic mass is 10.2. The van der Waals surface area contributed by atoms with Crippen molar-refractivity contribution in [1.29, 1.82) is 0 Å². The van der Waals surface area contributed by atoms with Crippen LogP contribution in [0.15, 0.2) is 47.6 Å². The number of nitro groups is 1. The van der Waals surface area contributed by atoms with E-state index in [0.29, 0.717) is 33.1 Å². The van der Waals surface area contributed by atoms with E-state index < -0.39 is 4.92 Å². The SMILES string of the molecule is COc1ccc(Cl)cc1-c1nc(SCCOc2ccccc2[N+](=O)[O-])n[nH]1. The summed E-state index contributed by atoms with van der Waals surface area (Å²) in [5.41, 5.74) is 0.649. The number of methoxy groups -OCH3 is 1. The molecule has 0 saturated carbocycles. The van der Waals surface area contributed by atoms with Crippen LogP contribution in [0.3, 0.4) is 0 Å². The van der Waals surface area contributed by atoms with Gasteiger partial charge in [-0.2, -0.15) is 0 Å². The maximum absolute atomic E-state index is 11.0. The minimum Gasteiger partial charge on any atom is -0.496 e. The summed E-state index contributed by atoms with van der Waals surface area (Å²) in [6, 6.07) is 11.5. The number of para-hydroxylation sites is 2. The van der Waals surface area contributed by atoms with E-state index in [2.05, 4.69) is 15.2 Å². The lowest BCUT2D eigenvalue weighted by Gasteiger charge is -2.06. The molecule has 1 aromatic heterocycles. The topological polar surface area (TPSA) is 103 Å². The third kappa shape index (κ3) is 4.69. The standard InChI is InChI=1S/C17H15ClN4O4S/c1-25-14-7-6-11(18)10-12(14)16-19-17(21-20-16)27-9-8-26-15-5-3-2-4-13(15)22(23)24/h2-7,10H,8-9H2,1H3,(H,19,20,21). The number of aromatic nitrogens is 3. The van der Waals surface area contributed by atoms with E-state index in [1.807, 2.05) is 0 Å². The van der Waals surface area contributed by atoms with Crippen molar-refractivity contribution in [2.45, 2.75) is 5.16 Å². The van der Waals surface area contributed by atoms with Crippen molar-refractivity contribution < 1.29 is 14.4 Å². The molecule has 0 aliphatic heterocycles. The number of H-pyrrole nitrogens is 1. The summed E-state index contributed by atoms with van der Waals surface area (Å²) in [5, 5.41) is 19.1. The number of thioether (sulfide) groups is 1. The van der Waals surface area contributed by atoms with Gasteiger partial charge in [0.2, 0.25) is 5.16 Å². The van der Waals surface area contributed by atoms with E-state index in [1.165, 1.54) is 17.8 Å². The van der Waals surface area contributed by atoms with Gasteiger partial charge >= 0.3 is 5.69 Å². The van der Waals surface area contributed by atoms with Crippen LogP contribution in [0, 0.1) is 10.1 Å². The van der Waals surface area contributed by atoms with Gasteiger partial charge in [0.05, 0.1) is 24.2 Å². The monoisotopic (exact) mass is 406 g/mol. The second kappa shape index (κ2) is 8.74. The molecule has 0 saturated heterocycles. The average Bonchev–Trinajstić information content (AvgIpc) is 3.14. The fraction of sp³-hybridized carbons (Fsp3) is 0.176. The van der Waals surface area contributed by atoms with E-state index in [-0.39, 0.29) is 18.0 Å². The van der Waals surface area contributed by atoms with Gasteiger partial charge < -0.3 is 9.47 Å². The van der Waals surface area contributed by atoms with Crippen LogP contribution in [0.25, 0.3) is 11.4 Å². The van der Waals surface area contributed by atoms with Gasteiger partial charge in [-0.05, 0) is 24.3 Å². The summed E-state index contributed by atoms with van der Waals surface area (Å²) >= 11 is 7.40. The Kier molecular flexibility index (Phi) is 6.15. The fourth-order valence-corrected chi connectivity index (χ4v) is 3.10. The Morgan fingerprint density at radius 3 is 2.85 bits per heavy atom. The highest BCUT2D eigenvalue weighted by molar-refractivity contribution is 7.99. The number of nitro benzene ring substituents is 1. The highest BCUT2D eigenvalue weighted by Crippen LogP contribution is 2.31. The minimum absolute atomic E-state index is 0.0595. The zero-order valence-corrected chi connectivity index (χ0v) is 15.8. The molecule has 0 aliphatic carbocycles. The molecule has 0 amide bonds. The number of hydrogen-bond acceptors (Lipinski definition) is 7. The Labute approximate surface area is 164 Å². The molecular formula is C17H15ClN4O4S. The molecule has 27 heavy (non-hydrogen) atoms. The molecule has 2 aromatic carbocycles. The lowest BCUT2D eigenvalue weighted by molar-refractivity contribution is -0.385. The second-order valence-electron chi connectivity index (χ2n) is 5.23. The molecule has 1 heterocycles. The van der Waals surface area contributed by atoms with Gasteiger partial charge in [-0.1, -0.05) is 35.5 Å². The van der Waals surface area contributed by atoms with Gasteiger partial charge in [-0.25, -0.2) is 4.98 Å². The summed E-state index contributed by atoms with van der Waals surface area (Å²) in [7, 11) is 1.57. The first-order valence-corrected chi connectivity index (χ1v) is 9.20. The average molecular weight is 407 g/mol. The first kappa shape index (κ1) is 19.0. The van der Waals surface area contributed by atoms with Crippen molar-refractivity contribution in [3.05, 3.63) is 57.6 Å². The van der Waals surface area contributed by atoms with E-state index in [1.54, 1.807) is 43.5 Å². The Bertz CT molecular complexity index is 950. The molecule has 0 radical (unpaired) electrons. The van der Waals surface area contributed by atoms with Crippen LogP contribution >= 0.6 is 23.4 Å². The Morgan fingerprint density at radius 1 is 1.26 bits per heavy atom. The van der Waals surface area contributed by atoms with Gasteiger partial charge in [-0.3, -0.25) is 15.2 Å². The first-order valence-electron chi connectivity index (χ1n) is 7.84. The molecule has 140 valence electrons. The van der Waals surface area contributed by atoms with Crippen molar-refractivity contribution in [2.24, 2.45) is 0 Å². The summed E-state index contributed by atoms with van der Waals surface area (Å²) in [6.07, 6.45) is 0. The Hall–Kier alpha value is -2.78. The summed E-state index contributed by atoms with van der Waals surface area (Å²) in [5.74, 6) is 1.93. The molecule has 0 bridgehead atoms. The van der Waals surface area contributed by atoms with Crippen molar-refractivity contribution in [3.8, 4) is 22.9 Å². The van der Waals surface area contributed by atoms with E-state index >= 15 is 0 Å². The molecule has 8 nitrogen and oxygen atoms in total. The van der Waals surface area contributed by atoms with Gasteiger partial charge in [0.25, 0.3) is 0 Å². The molecule has 3 aromatic rings. The summed E-state index contributed by atoms with van der Waals surface area (Å²) in [4.78, 5) is 14.9. The number of hydrogen-bond donors (Lipinski definition) is 1. The van der Waals surface area contributed by atoms with E-state index in [0.717, 1.165) is 0 Å². The first-order chi connectivity index (χ1) is 13.1. The normalized spacial score (nSPS) is 10.6. The number of nitrogens with one attached hydrogen (secondary N) is 1. The third-order valence-corrected chi connectivity index (χ3v) is 4.56. The molecule has 1 N–H and O–H groups in total. The van der Waals surface area contributed by atoms with Gasteiger partial charge in [0.15, 0.2) is 11.6 Å². The highest BCUT2D eigenvalue weighted by atomic mass is 35.5. The van der Waals surface area contributed by atoms with Crippen molar-refractivity contribution in [1.82, 2.24) is 15.2 Å². The predicted octanol–water partition coefficient (Wildman–Crippen LogP) is 4.21. The maximum Gasteiger partial charge on any atom is 0.310 e. The fourth-order valence-electron chi connectivity index (χ4n) is 2.31. The van der Waals surface area contributed by atoms with Crippen LogP contribution < -0.4 is 9.47 Å². The molecule has 10 heteroatoms. The zero-order chi connectivity index (χ0) is 19.2. The molecule has 3 rings (SSSR count). The smallest absolute Gasteiger partial charge is 0.310 e. The minimum atomic E-state index is -0.470. The molecule has 0 atom stereocenters. The highest BCUT2D eigenvalue weighted by Gasteiger charge is 2.14. The molecule has 0 fully saturated rings. The summed E-state index contributed by atoms with van der Waals surface area (Å²) < 4.78 is 10.8. The van der Waals surface area contributed by atoms with Crippen molar-refractivity contribution >= 4 is 29.1 Å². The van der Waals surface area contributed by atoms with Crippen LogP contribution in [-0.2, 0) is 0 Å². The molecule has 0 aliphatic rings. The Morgan fingerprint density at radius 2 is 2.07 bits per heavy atom. The largest absolute Gasteiger partial charge is 0.496 e. The maximum atomic E-state index is 11.0. The van der Waals surface area contributed by atoms with E-state index in [9.17, 15) is 10.1 Å². The summed E-state index contributed by atoms with van der Waals surface area (Å²) in [6.45, 7) is 0.278. The van der Waals surface area contributed by atoms with Gasteiger partial charge in [0, 0.05) is 16.8 Å². The second-order valence-corrected chi connectivity index (χ2v) is 6.73. The number of nitrogens with zero attached hydrogens (tertiary/aromatic N) is 3. The third-order valence-electron chi connectivity index (χ3n) is 3.52. The molecule has 0 unspecified atom stereocenters. The van der Waals surface area contributed by atoms with Crippen LogP contribution in [-0.4, -0.2) is 39.6 Å². The zero-order valence-electron chi connectivity index (χ0n) is 14.2. The molecule has 0 spiro atoms. The quantitative estimate of drug-likeness (QED) is 0.258. The van der Waals surface area contributed by atoms with Crippen LogP contribution in [0.4, 0.5) is 5.69 Å².